The monoisotopic (exact) mass is 362 g/mol. The summed E-state index contributed by atoms with van der Waals surface area (Å²) in [5.74, 6) is 0.800. The van der Waals surface area contributed by atoms with Crippen molar-refractivity contribution in [3.8, 4) is 0 Å². The minimum Gasteiger partial charge on any atom is -0.378 e. The fourth-order valence-corrected chi connectivity index (χ4v) is 3.04. The van der Waals surface area contributed by atoms with Crippen molar-refractivity contribution in [2.45, 2.75) is 18.6 Å². The molecule has 1 fully saturated rings. The van der Waals surface area contributed by atoms with Crippen molar-refractivity contribution < 1.29 is 9.53 Å². The van der Waals surface area contributed by atoms with Gasteiger partial charge in [-0.05, 0) is 19.3 Å². The molecular weight excluding hydrogens is 340 g/mol. The highest BCUT2D eigenvalue weighted by molar-refractivity contribution is 7.98. The Labute approximate surface area is 150 Å². The second kappa shape index (κ2) is 8.30. The van der Waals surface area contributed by atoms with Gasteiger partial charge in [-0.15, -0.1) is 0 Å². The third-order valence-corrected chi connectivity index (χ3v) is 4.44. The van der Waals surface area contributed by atoms with Crippen LogP contribution in [0.5, 0.6) is 0 Å². The maximum atomic E-state index is 11.5. The molecule has 1 amide bonds. The molecule has 0 unspecified atom stereocenters. The van der Waals surface area contributed by atoms with Gasteiger partial charge in [0.15, 0.2) is 10.8 Å². The average molecular weight is 362 g/mol. The van der Waals surface area contributed by atoms with Gasteiger partial charge in [-0.3, -0.25) is 4.79 Å². The molecule has 2 aromatic rings. The number of allylic oxidation sites excluding steroid dienone is 1. The number of ether oxygens (including phenoxy) is 1. The second-order valence-corrected chi connectivity index (χ2v) is 6.30. The van der Waals surface area contributed by atoms with Crippen LogP contribution >= 0.6 is 11.8 Å². The topological polar surface area (TPSA) is 85.2 Å². The highest BCUT2D eigenvalue weighted by Crippen LogP contribution is 2.26. The minimum atomic E-state index is -0.104. The number of hydrogen-bond acceptors (Lipinski definition) is 7. The molecule has 1 aliphatic rings. The first kappa shape index (κ1) is 17.7. The molecule has 2 aromatic heterocycles. The summed E-state index contributed by atoms with van der Waals surface area (Å²) in [5.41, 5.74) is 0.793. The van der Waals surface area contributed by atoms with E-state index < -0.39 is 0 Å². The van der Waals surface area contributed by atoms with Crippen LogP contribution in [-0.4, -0.2) is 64.8 Å². The van der Waals surface area contributed by atoms with E-state index in [1.807, 2.05) is 17.9 Å². The van der Waals surface area contributed by atoms with Crippen molar-refractivity contribution in [3.05, 3.63) is 18.3 Å². The van der Waals surface area contributed by atoms with Gasteiger partial charge in [0.25, 0.3) is 0 Å². The number of fused-ring (bicyclic) bond motifs is 1. The summed E-state index contributed by atoms with van der Waals surface area (Å²) in [6.45, 7) is 5.88. The predicted molar refractivity (Wildman–Crippen MR) is 98.0 cm³/mol. The number of hydrogen-bond donors (Lipinski definition) is 1. The van der Waals surface area contributed by atoms with E-state index in [0.29, 0.717) is 31.5 Å². The average Bonchev–Trinajstić information content (AvgIpc) is 3.05. The lowest BCUT2D eigenvalue weighted by Gasteiger charge is -2.28. The Morgan fingerprint density at radius 3 is 2.92 bits per heavy atom. The zero-order valence-electron chi connectivity index (χ0n) is 14.4. The molecule has 1 N–H and O–H groups in total. The summed E-state index contributed by atoms with van der Waals surface area (Å²) >= 11 is 1.51. The van der Waals surface area contributed by atoms with E-state index in [-0.39, 0.29) is 5.91 Å². The number of anilines is 1. The van der Waals surface area contributed by atoms with E-state index in [1.165, 1.54) is 17.8 Å². The molecule has 0 aromatic carbocycles. The normalized spacial score (nSPS) is 15.2. The quantitative estimate of drug-likeness (QED) is 0.467. The lowest BCUT2D eigenvalue weighted by Crippen LogP contribution is -2.37. The van der Waals surface area contributed by atoms with Crippen LogP contribution < -0.4 is 10.2 Å². The second-order valence-electron chi connectivity index (χ2n) is 5.53. The van der Waals surface area contributed by atoms with Crippen LogP contribution in [-0.2, 0) is 16.1 Å². The number of nitrogens with one attached hydrogen (secondary N) is 1. The summed E-state index contributed by atoms with van der Waals surface area (Å²) in [6.07, 6.45) is 6.98. The van der Waals surface area contributed by atoms with Crippen LogP contribution in [0.4, 0.5) is 5.82 Å². The van der Waals surface area contributed by atoms with Crippen molar-refractivity contribution in [1.29, 1.82) is 0 Å². The molecule has 0 bridgehead atoms. The molecule has 0 radical (unpaired) electrons. The highest BCUT2D eigenvalue weighted by atomic mass is 32.2. The first-order valence-corrected chi connectivity index (χ1v) is 9.46. The molecule has 0 aliphatic carbocycles. The van der Waals surface area contributed by atoms with Gasteiger partial charge in [-0.1, -0.05) is 17.8 Å². The lowest BCUT2D eigenvalue weighted by molar-refractivity contribution is -0.116. The first-order valence-electron chi connectivity index (χ1n) is 8.23. The number of rotatable bonds is 6. The molecule has 3 heterocycles. The van der Waals surface area contributed by atoms with Crippen LogP contribution in [0.2, 0.25) is 0 Å². The summed E-state index contributed by atoms with van der Waals surface area (Å²) in [6, 6.07) is 0. The van der Waals surface area contributed by atoms with E-state index in [0.717, 1.165) is 29.9 Å². The van der Waals surface area contributed by atoms with E-state index >= 15 is 0 Å². The van der Waals surface area contributed by atoms with Crippen LogP contribution in [0.15, 0.2) is 23.5 Å². The van der Waals surface area contributed by atoms with Gasteiger partial charge >= 0.3 is 0 Å². The van der Waals surface area contributed by atoms with Gasteiger partial charge in [0.1, 0.15) is 5.82 Å². The van der Waals surface area contributed by atoms with Gasteiger partial charge in [0.05, 0.1) is 31.3 Å². The molecule has 9 heteroatoms. The van der Waals surface area contributed by atoms with Gasteiger partial charge in [-0.2, -0.15) is 5.10 Å². The summed E-state index contributed by atoms with van der Waals surface area (Å²) < 4.78 is 7.25. The number of amides is 1. The van der Waals surface area contributed by atoms with Crippen molar-refractivity contribution in [3.63, 3.8) is 0 Å². The number of aromatic nitrogens is 4. The molecule has 134 valence electrons. The lowest BCUT2D eigenvalue weighted by atomic mass is 10.3. The molecule has 8 nitrogen and oxygen atoms in total. The maximum absolute atomic E-state index is 11.5. The minimum absolute atomic E-state index is 0.104. The zero-order valence-corrected chi connectivity index (χ0v) is 15.3. The Kier molecular flexibility index (Phi) is 5.87. The fourth-order valence-electron chi connectivity index (χ4n) is 2.69. The Morgan fingerprint density at radius 1 is 1.40 bits per heavy atom. The number of carbonyl (C=O) groups is 1. The van der Waals surface area contributed by atoms with Crippen LogP contribution in [0, 0.1) is 0 Å². The number of morpholine rings is 1. The van der Waals surface area contributed by atoms with Crippen molar-refractivity contribution in [2.75, 3.05) is 44.0 Å². The highest BCUT2D eigenvalue weighted by Gasteiger charge is 2.19. The molecule has 3 rings (SSSR count). The molecular formula is C16H22N6O2S. The third-order valence-electron chi connectivity index (χ3n) is 3.89. The first-order chi connectivity index (χ1) is 12.2. The molecule has 1 saturated heterocycles. The third kappa shape index (κ3) is 4.10. The molecule has 0 saturated carbocycles. The fraction of sp³-hybridized carbons (Fsp3) is 0.500. The summed E-state index contributed by atoms with van der Waals surface area (Å²) in [4.78, 5) is 23.0. The molecule has 0 spiro atoms. The Hall–Kier alpha value is -2.13. The van der Waals surface area contributed by atoms with Gasteiger partial charge in [-0.25, -0.2) is 14.6 Å². The van der Waals surface area contributed by atoms with Gasteiger partial charge < -0.3 is 15.0 Å². The Balaban J connectivity index is 1.84. The van der Waals surface area contributed by atoms with Crippen molar-refractivity contribution >= 4 is 34.5 Å². The molecule has 1 aliphatic heterocycles. The van der Waals surface area contributed by atoms with Crippen molar-refractivity contribution in [2.24, 2.45) is 0 Å². The SMILES string of the molecule is CC=CC(=O)NCCn1ncc2c(N3CCOCC3)nc(SC)nc21. The number of thioether (sulfide) groups is 1. The number of carbonyl (C=O) groups excluding carboxylic acids is 1. The summed E-state index contributed by atoms with van der Waals surface area (Å²) in [7, 11) is 0. The van der Waals surface area contributed by atoms with E-state index in [1.54, 1.807) is 12.3 Å². The maximum Gasteiger partial charge on any atom is 0.243 e. The standard InChI is InChI=1S/C16H22N6O2S/c1-3-4-13(23)17-5-6-22-15-12(11-18-22)14(19-16(20-15)25-2)21-7-9-24-10-8-21/h3-4,11H,5-10H2,1-2H3,(H,17,23). The molecule has 0 atom stereocenters. The zero-order chi connectivity index (χ0) is 17.6. The Morgan fingerprint density at radius 2 is 2.20 bits per heavy atom. The van der Waals surface area contributed by atoms with E-state index in [2.05, 4.69) is 25.3 Å². The predicted octanol–water partition coefficient (Wildman–Crippen LogP) is 1.08. The van der Waals surface area contributed by atoms with Crippen LogP contribution in [0.25, 0.3) is 11.0 Å². The van der Waals surface area contributed by atoms with Gasteiger partial charge in [0.2, 0.25) is 5.91 Å². The van der Waals surface area contributed by atoms with Crippen LogP contribution in [0.1, 0.15) is 6.92 Å². The smallest absolute Gasteiger partial charge is 0.243 e. The van der Waals surface area contributed by atoms with Crippen molar-refractivity contribution in [1.82, 2.24) is 25.1 Å². The van der Waals surface area contributed by atoms with E-state index in [4.69, 9.17) is 4.74 Å². The number of nitrogens with zero attached hydrogens (tertiary/aromatic N) is 5. The van der Waals surface area contributed by atoms with Gasteiger partial charge in [0, 0.05) is 19.6 Å². The largest absolute Gasteiger partial charge is 0.378 e. The summed E-state index contributed by atoms with van der Waals surface area (Å²) in [5, 5.41) is 8.92. The van der Waals surface area contributed by atoms with E-state index in [9.17, 15) is 4.79 Å². The molecule has 25 heavy (non-hydrogen) atoms. The van der Waals surface area contributed by atoms with Crippen LogP contribution in [0.3, 0.4) is 0 Å². The Bertz CT molecular complexity index is 769.